The van der Waals surface area contributed by atoms with Crippen molar-refractivity contribution in [1.29, 1.82) is 0 Å². The van der Waals surface area contributed by atoms with E-state index in [-0.39, 0.29) is 6.61 Å². The van der Waals surface area contributed by atoms with Gasteiger partial charge in [0.05, 0.1) is 18.8 Å². The summed E-state index contributed by atoms with van der Waals surface area (Å²) in [5.74, 6) is 0.812. The van der Waals surface area contributed by atoms with E-state index in [2.05, 4.69) is 20.4 Å². The lowest BCUT2D eigenvalue weighted by Crippen LogP contribution is -2.30. The average molecular weight is 259 g/mol. The first-order valence-electron chi connectivity index (χ1n) is 6.56. The van der Waals surface area contributed by atoms with Gasteiger partial charge in [0.1, 0.15) is 0 Å². The standard InChI is InChI=1S/C13H17N5O/c19-9-8-17(11-6-7-11)10-13-14-15-16-18(13)12-4-2-1-3-5-12/h1-5,11,19H,6-10H2. The van der Waals surface area contributed by atoms with E-state index in [1.165, 1.54) is 12.8 Å². The Morgan fingerprint density at radius 3 is 2.74 bits per heavy atom. The second-order valence-corrected chi connectivity index (χ2v) is 4.77. The summed E-state index contributed by atoms with van der Waals surface area (Å²) in [5.41, 5.74) is 0.960. The average Bonchev–Trinajstić information content (AvgIpc) is 3.19. The molecule has 1 aromatic carbocycles. The second kappa shape index (κ2) is 5.46. The number of aliphatic hydroxyl groups excluding tert-OH is 1. The largest absolute Gasteiger partial charge is 0.395 e. The van der Waals surface area contributed by atoms with E-state index in [9.17, 15) is 0 Å². The highest BCUT2D eigenvalue weighted by molar-refractivity contribution is 5.30. The SMILES string of the molecule is OCCN(Cc1nnnn1-c1ccccc1)C1CC1. The molecule has 3 rings (SSSR count). The molecule has 6 heteroatoms. The maximum Gasteiger partial charge on any atom is 0.170 e. The molecular formula is C13H17N5O. The Hall–Kier alpha value is -1.79. The fourth-order valence-electron chi connectivity index (χ4n) is 2.21. The zero-order valence-electron chi connectivity index (χ0n) is 10.7. The third-order valence-electron chi connectivity index (χ3n) is 3.33. The molecule has 0 bridgehead atoms. The van der Waals surface area contributed by atoms with Gasteiger partial charge in [-0.3, -0.25) is 4.90 Å². The number of tetrazole rings is 1. The van der Waals surface area contributed by atoms with E-state index in [4.69, 9.17) is 5.11 Å². The quantitative estimate of drug-likeness (QED) is 0.823. The monoisotopic (exact) mass is 259 g/mol. The van der Waals surface area contributed by atoms with Gasteiger partial charge in [-0.05, 0) is 35.4 Å². The van der Waals surface area contributed by atoms with Crippen molar-refractivity contribution in [3.05, 3.63) is 36.2 Å². The maximum atomic E-state index is 9.13. The van der Waals surface area contributed by atoms with Gasteiger partial charge in [0.2, 0.25) is 0 Å². The lowest BCUT2D eigenvalue weighted by atomic mass is 10.3. The van der Waals surface area contributed by atoms with Crippen LogP contribution in [0.15, 0.2) is 30.3 Å². The van der Waals surface area contributed by atoms with Crippen LogP contribution in [0.5, 0.6) is 0 Å². The van der Waals surface area contributed by atoms with Crippen LogP contribution in [0.3, 0.4) is 0 Å². The van der Waals surface area contributed by atoms with Crippen LogP contribution in [0.25, 0.3) is 5.69 Å². The molecule has 19 heavy (non-hydrogen) atoms. The van der Waals surface area contributed by atoms with Crippen molar-refractivity contribution in [3.63, 3.8) is 0 Å². The maximum absolute atomic E-state index is 9.13. The molecular weight excluding hydrogens is 242 g/mol. The summed E-state index contributed by atoms with van der Waals surface area (Å²) in [5, 5.41) is 21.0. The Morgan fingerprint density at radius 2 is 2.05 bits per heavy atom. The Labute approximate surface area is 111 Å². The summed E-state index contributed by atoms with van der Waals surface area (Å²) in [6.07, 6.45) is 2.40. The fraction of sp³-hybridized carbons (Fsp3) is 0.462. The van der Waals surface area contributed by atoms with E-state index in [0.29, 0.717) is 19.1 Å². The molecule has 1 aliphatic rings. The van der Waals surface area contributed by atoms with Gasteiger partial charge in [-0.15, -0.1) is 5.10 Å². The van der Waals surface area contributed by atoms with Crippen LogP contribution in [-0.2, 0) is 6.54 Å². The highest BCUT2D eigenvalue weighted by Crippen LogP contribution is 2.27. The first-order valence-corrected chi connectivity index (χ1v) is 6.56. The summed E-state index contributed by atoms with van der Waals surface area (Å²) in [6, 6.07) is 10.4. The van der Waals surface area contributed by atoms with Crippen molar-refractivity contribution in [2.45, 2.75) is 25.4 Å². The highest BCUT2D eigenvalue weighted by atomic mass is 16.3. The van der Waals surface area contributed by atoms with Crippen molar-refractivity contribution in [1.82, 2.24) is 25.1 Å². The lowest BCUT2D eigenvalue weighted by molar-refractivity contribution is 0.179. The summed E-state index contributed by atoms with van der Waals surface area (Å²) < 4.78 is 1.76. The third kappa shape index (κ3) is 2.80. The van der Waals surface area contributed by atoms with Crippen LogP contribution >= 0.6 is 0 Å². The predicted octanol–water partition coefficient (Wildman–Crippen LogP) is 0.619. The number of hydrogen-bond acceptors (Lipinski definition) is 5. The number of rotatable bonds is 6. The first-order chi connectivity index (χ1) is 9.38. The molecule has 1 fully saturated rings. The molecule has 6 nitrogen and oxygen atoms in total. The molecule has 100 valence electrons. The molecule has 0 aliphatic heterocycles. The van der Waals surface area contributed by atoms with Gasteiger partial charge in [-0.1, -0.05) is 18.2 Å². The van der Waals surface area contributed by atoms with Gasteiger partial charge in [0, 0.05) is 12.6 Å². The summed E-state index contributed by atoms with van der Waals surface area (Å²) in [4.78, 5) is 2.24. The Bertz CT molecular complexity index is 523. The highest BCUT2D eigenvalue weighted by Gasteiger charge is 2.29. The molecule has 0 unspecified atom stereocenters. The van der Waals surface area contributed by atoms with Crippen molar-refractivity contribution in [2.75, 3.05) is 13.2 Å². The van der Waals surface area contributed by atoms with E-state index < -0.39 is 0 Å². The van der Waals surface area contributed by atoms with E-state index in [1.54, 1.807) is 4.68 Å². The molecule has 1 aliphatic carbocycles. The van der Waals surface area contributed by atoms with E-state index >= 15 is 0 Å². The van der Waals surface area contributed by atoms with Crippen LogP contribution in [0, 0.1) is 0 Å². The van der Waals surface area contributed by atoms with E-state index in [1.807, 2.05) is 30.3 Å². The Kier molecular flexibility index (Phi) is 3.52. The minimum absolute atomic E-state index is 0.170. The summed E-state index contributed by atoms with van der Waals surface area (Å²) in [6.45, 7) is 1.52. The molecule has 1 N–H and O–H groups in total. The van der Waals surface area contributed by atoms with Gasteiger partial charge in [0.25, 0.3) is 0 Å². The number of aliphatic hydroxyl groups is 1. The van der Waals surface area contributed by atoms with Gasteiger partial charge in [-0.25, -0.2) is 0 Å². The molecule has 0 spiro atoms. The summed E-state index contributed by atoms with van der Waals surface area (Å²) >= 11 is 0. The minimum atomic E-state index is 0.170. The molecule has 1 aromatic heterocycles. The molecule has 0 radical (unpaired) electrons. The molecule has 0 amide bonds. The Balaban J connectivity index is 1.80. The summed E-state index contributed by atoms with van der Waals surface area (Å²) in [7, 11) is 0. The number of para-hydroxylation sites is 1. The zero-order valence-corrected chi connectivity index (χ0v) is 10.7. The molecule has 1 heterocycles. The molecule has 1 saturated carbocycles. The lowest BCUT2D eigenvalue weighted by Gasteiger charge is -2.19. The van der Waals surface area contributed by atoms with Gasteiger partial charge in [-0.2, -0.15) is 4.68 Å². The molecule has 2 aromatic rings. The third-order valence-corrected chi connectivity index (χ3v) is 3.33. The minimum Gasteiger partial charge on any atom is -0.395 e. The smallest absolute Gasteiger partial charge is 0.170 e. The van der Waals surface area contributed by atoms with E-state index in [0.717, 1.165) is 11.5 Å². The van der Waals surface area contributed by atoms with Crippen molar-refractivity contribution < 1.29 is 5.11 Å². The van der Waals surface area contributed by atoms with Crippen LogP contribution in [0.1, 0.15) is 18.7 Å². The van der Waals surface area contributed by atoms with Crippen LogP contribution in [-0.4, -0.2) is 49.4 Å². The number of benzene rings is 1. The number of hydrogen-bond donors (Lipinski definition) is 1. The molecule has 0 atom stereocenters. The van der Waals surface area contributed by atoms with Gasteiger partial charge in [0.15, 0.2) is 5.82 Å². The predicted molar refractivity (Wildman–Crippen MR) is 69.7 cm³/mol. The van der Waals surface area contributed by atoms with Crippen molar-refractivity contribution >= 4 is 0 Å². The van der Waals surface area contributed by atoms with Crippen LogP contribution in [0.2, 0.25) is 0 Å². The van der Waals surface area contributed by atoms with Crippen molar-refractivity contribution in [2.24, 2.45) is 0 Å². The fourth-order valence-corrected chi connectivity index (χ4v) is 2.21. The molecule has 0 saturated heterocycles. The van der Waals surface area contributed by atoms with Gasteiger partial charge >= 0.3 is 0 Å². The number of aromatic nitrogens is 4. The second-order valence-electron chi connectivity index (χ2n) is 4.77. The van der Waals surface area contributed by atoms with Gasteiger partial charge < -0.3 is 5.11 Å². The Morgan fingerprint density at radius 1 is 1.26 bits per heavy atom. The number of nitrogens with zero attached hydrogens (tertiary/aromatic N) is 5. The normalized spacial score (nSPS) is 15.1. The zero-order chi connectivity index (χ0) is 13.1. The van der Waals surface area contributed by atoms with Crippen molar-refractivity contribution in [3.8, 4) is 5.69 Å². The van der Waals surface area contributed by atoms with Crippen LogP contribution in [0.4, 0.5) is 0 Å². The first kappa shape index (κ1) is 12.3. The topological polar surface area (TPSA) is 67.1 Å². The van der Waals surface area contributed by atoms with Crippen LogP contribution < -0.4 is 0 Å².